The lowest BCUT2D eigenvalue weighted by atomic mass is 10.3. The van der Waals surface area contributed by atoms with Crippen LogP contribution in [0.3, 0.4) is 0 Å². The third-order valence-electron chi connectivity index (χ3n) is 1.75. The van der Waals surface area contributed by atoms with Gasteiger partial charge in [0, 0.05) is 17.6 Å². The highest BCUT2D eigenvalue weighted by molar-refractivity contribution is 8.02. The molecule has 0 amide bonds. The second-order valence-electron chi connectivity index (χ2n) is 2.91. The van der Waals surface area contributed by atoms with Gasteiger partial charge in [-0.3, -0.25) is 4.98 Å². The van der Waals surface area contributed by atoms with Crippen LogP contribution in [0.4, 0.5) is 5.69 Å². The standard InChI is InChI=1S/C9H10N4S3/c1-14-8-12-13-9(16-8)15-5-7-4-6(10)2-3-11-7/h2-4H,5H2,1H3,(H2,10,11). The molecule has 0 spiro atoms. The van der Waals surface area contributed by atoms with Crippen LogP contribution >= 0.6 is 34.9 Å². The van der Waals surface area contributed by atoms with Gasteiger partial charge in [-0.2, -0.15) is 0 Å². The van der Waals surface area contributed by atoms with Crippen molar-refractivity contribution in [3.8, 4) is 0 Å². The van der Waals surface area contributed by atoms with Gasteiger partial charge in [0.15, 0.2) is 8.68 Å². The number of hydrogen-bond donors (Lipinski definition) is 1. The Morgan fingerprint density at radius 2 is 2.19 bits per heavy atom. The van der Waals surface area contributed by atoms with E-state index in [-0.39, 0.29) is 0 Å². The molecule has 0 atom stereocenters. The zero-order valence-electron chi connectivity index (χ0n) is 8.58. The van der Waals surface area contributed by atoms with Gasteiger partial charge in [-0.15, -0.1) is 10.2 Å². The molecular formula is C9H10N4S3. The molecule has 2 heterocycles. The molecule has 2 rings (SSSR count). The van der Waals surface area contributed by atoms with Gasteiger partial charge in [0.25, 0.3) is 0 Å². The van der Waals surface area contributed by atoms with Crippen molar-refractivity contribution in [1.82, 2.24) is 15.2 Å². The molecule has 4 nitrogen and oxygen atoms in total. The topological polar surface area (TPSA) is 64.7 Å². The summed E-state index contributed by atoms with van der Waals surface area (Å²) in [5.41, 5.74) is 7.38. The van der Waals surface area contributed by atoms with Crippen molar-refractivity contribution >= 4 is 40.5 Å². The Labute approximate surface area is 106 Å². The molecule has 7 heteroatoms. The Morgan fingerprint density at radius 1 is 1.38 bits per heavy atom. The van der Waals surface area contributed by atoms with Crippen LogP contribution in [0, 0.1) is 0 Å². The molecule has 16 heavy (non-hydrogen) atoms. The maximum atomic E-state index is 5.68. The summed E-state index contributed by atoms with van der Waals surface area (Å²) >= 11 is 4.84. The van der Waals surface area contributed by atoms with Gasteiger partial charge in [-0.05, 0) is 18.4 Å². The van der Waals surface area contributed by atoms with Crippen molar-refractivity contribution in [2.75, 3.05) is 12.0 Å². The zero-order valence-corrected chi connectivity index (χ0v) is 11.0. The fraction of sp³-hybridized carbons (Fsp3) is 0.222. The summed E-state index contributed by atoms with van der Waals surface area (Å²) in [4.78, 5) is 4.23. The monoisotopic (exact) mass is 270 g/mol. The van der Waals surface area contributed by atoms with E-state index >= 15 is 0 Å². The van der Waals surface area contributed by atoms with Crippen LogP contribution in [-0.4, -0.2) is 21.4 Å². The molecule has 2 N–H and O–H groups in total. The van der Waals surface area contributed by atoms with E-state index in [0.717, 1.165) is 25.8 Å². The molecule has 0 aliphatic heterocycles. The van der Waals surface area contributed by atoms with Gasteiger partial charge in [0.05, 0.1) is 5.69 Å². The molecule has 0 radical (unpaired) electrons. The molecule has 0 saturated carbocycles. The SMILES string of the molecule is CSc1nnc(SCc2cc(N)ccn2)s1. The van der Waals surface area contributed by atoms with Crippen molar-refractivity contribution in [3.05, 3.63) is 24.0 Å². The van der Waals surface area contributed by atoms with Crippen LogP contribution in [0.5, 0.6) is 0 Å². The van der Waals surface area contributed by atoms with E-state index in [1.165, 1.54) is 0 Å². The number of anilines is 1. The first-order chi connectivity index (χ1) is 7.78. The van der Waals surface area contributed by atoms with Gasteiger partial charge in [-0.1, -0.05) is 34.9 Å². The molecule has 0 fully saturated rings. The number of thioether (sulfide) groups is 2. The van der Waals surface area contributed by atoms with E-state index < -0.39 is 0 Å². The van der Waals surface area contributed by atoms with Crippen LogP contribution in [0.25, 0.3) is 0 Å². The van der Waals surface area contributed by atoms with Gasteiger partial charge in [0.2, 0.25) is 0 Å². The lowest BCUT2D eigenvalue weighted by Gasteiger charge is -1.98. The third-order valence-corrected chi connectivity index (χ3v) is 4.81. The fourth-order valence-corrected chi connectivity index (χ4v) is 3.39. The normalized spacial score (nSPS) is 10.6. The molecule has 0 aromatic carbocycles. The third kappa shape index (κ3) is 3.10. The van der Waals surface area contributed by atoms with Crippen LogP contribution < -0.4 is 5.73 Å². The van der Waals surface area contributed by atoms with Crippen LogP contribution in [-0.2, 0) is 5.75 Å². The number of pyridine rings is 1. The van der Waals surface area contributed by atoms with Crippen LogP contribution in [0.2, 0.25) is 0 Å². The minimum absolute atomic E-state index is 0.743. The number of rotatable bonds is 4. The summed E-state index contributed by atoms with van der Waals surface area (Å²) < 4.78 is 1.96. The first kappa shape index (κ1) is 11.7. The second-order valence-corrected chi connectivity index (χ2v) is 6.16. The Bertz CT molecular complexity index is 471. The predicted molar refractivity (Wildman–Crippen MR) is 69.9 cm³/mol. The molecule has 2 aromatic heterocycles. The molecule has 0 bridgehead atoms. The van der Waals surface area contributed by atoms with Crippen molar-refractivity contribution in [2.45, 2.75) is 14.4 Å². The molecular weight excluding hydrogens is 260 g/mol. The Morgan fingerprint density at radius 3 is 2.88 bits per heavy atom. The number of nitrogens with two attached hydrogens (primary N) is 1. The van der Waals surface area contributed by atoms with Crippen molar-refractivity contribution < 1.29 is 0 Å². The van der Waals surface area contributed by atoms with E-state index in [1.54, 1.807) is 47.1 Å². The molecule has 84 valence electrons. The average Bonchev–Trinajstić information content (AvgIpc) is 2.74. The minimum Gasteiger partial charge on any atom is -0.399 e. The summed E-state index contributed by atoms with van der Waals surface area (Å²) in [6.07, 6.45) is 3.72. The Hall–Kier alpha value is -0.790. The Balaban J connectivity index is 1.96. The minimum atomic E-state index is 0.743. The van der Waals surface area contributed by atoms with E-state index in [2.05, 4.69) is 15.2 Å². The predicted octanol–water partition coefficient (Wildman–Crippen LogP) is 2.53. The number of aromatic nitrogens is 3. The van der Waals surface area contributed by atoms with Crippen molar-refractivity contribution in [3.63, 3.8) is 0 Å². The average molecular weight is 270 g/mol. The van der Waals surface area contributed by atoms with Crippen molar-refractivity contribution in [1.29, 1.82) is 0 Å². The zero-order chi connectivity index (χ0) is 11.4. The largest absolute Gasteiger partial charge is 0.399 e. The van der Waals surface area contributed by atoms with E-state index in [9.17, 15) is 0 Å². The molecule has 0 unspecified atom stereocenters. The summed E-state index contributed by atoms with van der Waals surface area (Å²) in [5, 5.41) is 8.11. The van der Waals surface area contributed by atoms with E-state index in [1.807, 2.05) is 12.3 Å². The van der Waals surface area contributed by atoms with Gasteiger partial charge >= 0.3 is 0 Å². The summed E-state index contributed by atoms with van der Waals surface area (Å²) in [6, 6.07) is 3.66. The molecule has 0 aliphatic carbocycles. The Kier molecular flexibility index (Phi) is 4.03. The summed E-state index contributed by atoms with van der Waals surface area (Å²) in [7, 11) is 0. The highest BCUT2D eigenvalue weighted by Crippen LogP contribution is 2.29. The molecule has 0 aliphatic rings. The highest BCUT2D eigenvalue weighted by atomic mass is 32.2. The highest BCUT2D eigenvalue weighted by Gasteiger charge is 2.04. The van der Waals surface area contributed by atoms with Crippen LogP contribution in [0.1, 0.15) is 5.69 Å². The fourth-order valence-electron chi connectivity index (χ4n) is 1.05. The quantitative estimate of drug-likeness (QED) is 0.861. The molecule has 0 saturated heterocycles. The van der Waals surface area contributed by atoms with E-state index in [0.29, 0.717) is 0 Å². The maximum Gasteiger partial charge on any atom is 0.175 e. The summed E-state index contributed by atoms with van der Waals surface area (Å²) in [5.74, 6) is 0.772. The van der Waals surface area contributed by atoms with Gasteiger partial charge in [0.1, 0.15) is 0 Å². The van der Waals surface area contributed by atoms with Gasteiger partial charge in [-0.25, -0.2) is 0 Å². The summed E-state index contributed by atoms with van der Waals surface area (Å²) in [6.45, 7) is 0. The first-order valence-corrected chi connectivity index (χ1v) is 7.51. The smallest absolute Gasteiger partial charge is 0.175 e. The molecule has 2 aromatic rings. The number of nitrogen functional groups attached to an aromatic ring is 1. The van der Waals surface area contributed by atoms with Crippen molar-refractivity contribution in [2.24, 2.45) is 0 Å². The van der Waals surface area contributed by atoms with Gasteiger partial charge < -0.3 is 5.73 Å². The first-order valence-electron chi connectivity index (χ1n) is 4.48. The maximum absolute atomic E-state index is 5.68. The van der Waals surface area contributed by atoms with E-state index in [4.69, 9.17) is 5.73 Å². The second kappa shape index (κ2) is 5.51. The lowest BCUT2D eigenvalue weighted by molar-refractivity contribution is 0.955. The lowest BCUT2D eigenvalue weighted by Crippen LogP contribution is -1.90. The number of nitrogens with zero attached hydrogens (tertiary/aromatic N) is 3. The van der Waals surface area contributed by atoms with Crippen LogP contribution in [0.15, 0.2) is 27.0 Å². The number of hydrogen-bond acceptors (Lipinski definition) is 7.